The first-order valence-electron chi connectivity index (χ1n) is 9.49. The smallest absolute Gasteiger partial charge is 0.410 e. The van der Waals surface area contributed by atoms with Crippen LogP contribution in [-0.2, 0) is 4.74 Å². The summed E-state index contributed by atoms with van der Waals surface area (Å²) in [6.45, 7) is 6.87. The van der Waals surface area contributed by atoms with Crippen LogP contribution in [0.15, 0.2) is 18.2 Å². The van der Waals surface area contributed by atoms with Gasteiger partial charge in [-0.25, -0.2) is 9.78 Å². The van der Waals surface area contributed by atoms with Crippen molar-refractivity contribution in [1.82, 2.24) is 14.9 Å². The number of hydrogen-bond acceptors (Lipinski definition) is 6. The fraction of sp³-hybridized carbons (Fsp3) is 0.579. The average Bonchev–Trinajstić information content (AvgIpc) is 3.04. The number of nitrogens with zero attached hydrogens (tertiary/aromatic N) is 4. The Hall–Kier alpha value is -2.84. The zero-order valence-electron chi connectivity index (χ0n) is 16.8. The first-order chi connectivity index (χ1) is 13.1. The zero-order valence-corrected chi connectivity index (χ0v) is 16.8. The van der Waals surface area contributed by atoms with Crippen LogP contribution in [0.5, 0.6) is 0 Å². The normalized spacial score (nSPS) is 17.6. The van der Waals surface area contributed by atoms with Crippen molar-refractivity contribution in [1.29, 1.82) is 0 Å². The summed E-state index contributed by atoms with van der Waals surface area (Å²) in [5, 5.41) is 11.0. The number of nitrogens with one attached hydrogen (secondary N) is 1. The number of nitro benzene ring substituents is 1. The Bertz CT molecular complexity index is 873. The van der Waals surface area contributed by atoms with Crippen molar-refractivity contribution in [2.24, 2.45) is 0 Å². The molecule has 0 spiro atoms. The molecule has 0 bridgehead atoms. The molecule has 9 nitrogen and oxygen atoms in total. The highest BCUT2D eigenvalue weighted by molar-refractivity contribution is 5.80. The number of rotatable bonds is 4. The van der Waals surface area contributed by atoms with E-state index in [4.69, 9.17) is 4.74 Å². The number of aromatic nitrogens is 2. The fourth-order valence-corrected chi connectivity index (χ4v) is 3.43. The Morgan fingerprint density at radius 3 is 2.86 bits per heavy atom. The molecule has 152 valence electrons. The largest absolute Gasteiger partial charge is 0.444 e. The Morgan fingerprint density at radius 2 is 2.18 bits per heavy atom. The van der Waals surface area contributed by atoms with E-state index in [9.17, 15) is 14.9 Å². The number of anilines is 1. The molecule has 1 amide bonds. The number of non-ortho nitro benzene ring substituents is 1. The van der Waals surface area contributed by atoms with Gasteiger partial charge in [-0.1, -0.05) is 0 Å². The van der Waals surface area contributed by atoms with Crippen LogP contribution in [0, 0.1) is 10.1 Å². The SMILES string of the molecule is CN(C[C@@H]1CCCCN1C(=O)OC(C)(C)C)c1nc2ccc([N+](=O)[O-])cc2[nH]1. The van der Waals surface area contributed by atoms with E-state index in [2.05, 4.69) is 9.97 Å². The first-order valence-corrected chi connectivity index (χ1v) is 9.49. The van der Waals surface area contributed by atoms with Gasteiger partial charge < -0.3 is 19.5 Å². The number of fused-ring (bicyclic) bond motifs is 1. The maximum atomic E-state index is 12.6. The van der Waals surface area contributed by atoms with Crippen LogP contribution < -0.4 is 4.90 Å². The van der Waals surface area contributed by atoms with E-state index in [1.165, 1.54) is 12.1 Å². The molecule has 1 saturated heterocycles. The molecule has 1 N–H and O–H groups in total. The summed E-state index contributed by atoms with van der Waals surface area (Å²) in [5.74, 6) is 0.616. The molecule has 1 aliphatic rings. The monoisotopic (exact) mass is 389 g/mol. The molecule has 0 aliphatic carbocycles. The molecular formula is C19H27N5O4. The number of H-pyrrole nitrogens is 1. The van der Waals surface area contributed by atoms with Gasteiger partial charge in [0.05, 0.1) is 22.0 Å². The van der Waals surface area contributed by atoms with Gasteiger partial charge in [-0.15, -0.1) is 0 Å². The summed E-state index contributed by atoms with van der Waals surface area (Å²) in [7, 11) is 1.90. The number of nitro groups is 1. The third-order valence-corrected chi connectivity index (χ3v) is 4.77. The van der Waals surface area contributed by atoms with Gasteiger partial charge in [-0.2, -0.15) is 0 Å². The van der Waals surface area contributed by atoms with Crippen molar-refractivity contribution in [3.63, 3.8) is 0 Å². The van der Waals surface area contributed by atoms with E-state index in [-0.39, 0.29) is 17.8 Å². The predicted molar refractivity (Wildman–Crippen MR) is 107 cm³/mol. The standard InChI is InChI=1S/C19H27N5O4/c1-19(2,3)28-18(25)23-10-6-5-7-14(23)12-22(4)17-20-15-9-8-13(24(26)27)11-16(15)21-17/h8-9,11,14H,5-7,10,12H2,1-4H3,(H,20,21)/t14-/m0/s1. The van der Waals surface area contributed by atoms with E-state index in [0.717, 1.165) is 19.3 Å². The van der Waals surface area contributed by atoms with Crippen molar-refractivity contribution in [2.45, 2.75) is 51.7 Å². The summed E-state index contributed by atoms with van der Waals surface area (Å²) < 4.78 is 5.56. The van der Waals surface area contributed by atoms with E-state index in [0.29, 0.717) is 30.1 Å². The van der Waals surface area contributed by atoms with Gasteiger partial charge in [0.25, 0.3) is 5.69 Å². The van der Waals surface area contributed by atoms with Crippen molar-refractivity contribution in [3.8, 4) is 0 Å². The number of ether oxygens (including phenoxy) is 1. The van der Waals surface area contributed by atoms with E-state index in [1.807, 2.05) is 32.7 Å². The molecular weight excluding hydrogens is 362 g/mol. The number of carbonyl (C=O) groups is 1. The summed E-state index contributed by atoms with van der Waals surface area (Å²) in [6, 6.07) is 4.58. The van der Waals surface area contributed by atoms with Crippen LogP contribution >= 0.6 is 0 Å². The number of likely N-dealkylation sites (tertiary alicyclic amines) is 1. The summed E-state index contributed by atoms with van der Waals surface area (Å²) in [6.07, 6.45) is 2.64. The van der Waals surface area contributed by atoms with Crippen LogP contribution in [0.1, 0.15) is 40.0 Å². The van der Waals surface area contributed by atoms with Crippen molar-refractivity contribution < 1.29 is 14.5 Å². The summed E-state index contributed by atoms with van der Waals surface area (Å²) in [5.41, 5.74) is 0.774. The molecule has 1 aliphatic heterocycles. The van der Waals surface area contributed by atoms with Gasteiger partial charge in [0.15, 0.2) is 0 Å². The minimum Gasteiger partial charge on any atom is -0.444 e. The van der Waals surface area contributed by atoms with Crippen LogP contribution in [-0.4, -0.2) is 57.7 Å². The number of carbonyl (C=O) groups excluding carboxylic acids is 1. The topological polar surface area (TPSA) is 105 Å². The number of piperidine rings is 1. The van der Waals surface area contributed by atoms with Gasteiger partial charge in [0.1, 0.15) is 5.60 Å². The second-order valence-electron chi connectivity index (χ2n) is 8.22. The van der Waals surface area contributed by atoms with E-state index < -0.39 is 10.5 Å². The second kappa shape index (κ2) is 7.65. The molecule has 28 heavy (non-hydrogen) atoms. The Labute approximate surface area is 163 Å². The molecule has 1 atom stereocenters. The lowest BCUT2D eigenvalue weighted by Crippen LogP contribution is -2.50. The van der Waals surface area contributed by atoms with E-state index in [1.54, 1.807) is 11.0 Å². The number of benzene rings is 1. The minimum absolute atomic E-state index is 0.0220. The van der Waals surface area contributed by atoms with Gasteiger partial charge in [-0.05, 0) is 46.1 Å². The molecule has 1 fully saturated rings. The van der Waals surface area contributed by atoms with Crippen LogP contribution in [0.4, 0.5) is 16.4 Å². The molecule has 9 heteroatoms. The highest BCUT2D eigenvalue weighted by atomic mass is 16.6. The lowest BCUT2D eigenvalue weighted by molar-refractivity contribution is -0.384. The van der Waals surface area contributed by atoms with Crippen molar-refractivity contribution in [2.75, 3.05) is 25.0 Å². The molecule has 0 radical (unpaired) electrons. The highest BCUT2D eigenvalue weighted by Crippen LogP contribution is 2.24. The van der Waals surface area contributed by atoms with Crippen LogP contribution in [0.2, 0.25) is 0 Å². The van der Waals surface area contributed by atoms with Crippen molar-refractivity contribution in [3.05, 3.63) is 28.3 Å². The molecule has 2 heterocycles. The Balaban J connectivity index is 1.74. The lowest BCUT2D eigenvalue weighted by Gasteiger charge is -2.38. The molecule has 1 aromatic carbocycles. The van der Waals surface area contributed by atoms with Gasteiger partial charge in [0, 0.05) is 32.3 Å². The maximum absolute atomic E-state index is 12.6. The van der Waals surface area contributed by atoms with Crippen molar-refractivity contribution >= 4 is 28.8 Å². The zero-order chi connectivity index (χ0) is 20.5. The predicted octanol–water partition coefficient (Wildman–Crippen LogP) is 3.70. The average molecular weight is 389 g/mol. The maximum Gasteiger partial charge on any atom is 0.410 e. The Kier molecular flexibility index (Phi) is 5.44. The van der Waals surface area contributed by atoms with Gasteiger partial charge in [-0.3, -0.25) is 10.1 Å². The minimum atomic E-state index is -0.529. The number of amides is 1. The molecule has 0 saturated carbocycles. The molecule has 1 aromatic heterocycles. The first kappa shape index (κ1) is 19.9. The quantitative estimate of drug-likeness (QED) is 0.631. The van der Waals surface area contributed by atoms with Gasteiger partial charge in [0.2, 0.25) is 5.95 Å². The second-order valence-corrected chi connectivity index (χ2v) is 8.22. The highest BCUT2D eigenvalue weighted by Gasteiger charge is 2.31. The summed E-state index contributed by atoms with van der Waals surface area (Å²) >= 11 is 0. The summed E-state index contributed by atoms with van der Waals surface area (Å²) in [4.78, 5) is 34.5. The number of likely N-dealkylation sites (N-methyl/N-ethyl adjacent to an activating group) is 1. The number of imidazole rings is 1. The number of hydrogen-bond donors (Lipinski definition) is 1. The lowest BCUT2D eigenvalue weighted by atomic mass is 10.0. The fourth-order valence-electron chi connectivity index (χ4n) is 3.43. The number of aromatic amines is 1. The Morgan fingerprint density at radius 1 is 1.43 bits per heavy atom. The molecule has 3 rings (SSSR count). The van der Waals surface area contributed by atoms with E-state index >= 15 is 0 Å². The van der Waals surface area contributed by atoms with Crippen LogP contribution in [0.3, 0.4) is 0 Å². The third-order valence-electron chi connectivity index (χ3n) is 4.77. The molecule has 0 unspecified atom stereocenters. The van der Waals surface area contributed by atoms with Gasteiger partial charge >= 0.3 is 6.09 Å². The van der Waals surface area contributed by atoms with Crippen LogP contribution in [0.25, 0.3) is 11.0 Å². The molecule has 2 aromatic rings. The third kappa shape index (κ3) is 4.52.